The van der Waals surface area contributed by atoms with Gasteiger partial charge in [0.2, 0.25) is 5.91 Å². The van der Waals surface area contributed by atoms with Gasteiger partial charge in [0, 0.05) is 18.4 Å². The number of anilines is 1. The van der Waals surface area contributed by atoms with Crippen molar-refractivity contribution < 1.29 is 9.18 Å². The van der Waals surface area contributed by atoms with Gasteiger partial charge in [0.1, 0.15) is 5.82 Å². The highest BCUT2D eigenvalue weighted by molar-refractivity contribution is 7.99. The number of nitrogens with zero attached hydrogens (tertiary/aromatic N) is 5. The lowest BCUT2D eigenvalue weighted by Crippen LogP contribution is -2.30. The van der Waals surface area contributed by atoms with E-state index in [0.717, 1.165) is 30.3 Å². The van der Waals surface area contributed by atoms with Crippen molar-refractivity contribution in [3.8, 4) is 5.69 Å². The van der Waals surface area contributed by atoms with Crippen molar-refractivity contribution in [2.45, 2.75) is 31.0 Å². The van der Waals surface area contributed by atoms with E-state index >= 15 is 0 Å². The third kappa shape index (κ3) is 5.32. The third-order valence-electron chi connectivity index (χ3n) is 5.44. The lowest BCUT2D eigenvalue weighted by molar-refractivity contribution is -0.115. The minimum absolute atomic E-state index is 0.0255. The molecular formula is C23H26FN5OS. The number of benzene rings is 2. The Morgan fingerprint density at radius 3 is 2.45 bits per heavy atom. The number of amides is 1. The summed E-state index contributed by atoms with van der Waals surface area (Å²) < 4.78 is 15.4. The smallest absolute Gasteiger partial charge is 0.237 e. The largest absolute Gasteiger partial charge is 0.315 e. The van der Waals surface area contributed by atoms with Crippen LogP contribution in [0.1, 0.15) is 25.1 Å². The summed E-state index contributed by atoms with van der Waals surface area (Å²) in [6.07, 6.45) is 3.64. The molecule has 0 spiro atoms. The molecule has 0 bridgehead atoms. The van der Waals surface area contributed by atoms with Crippen LogP contribution in [-0.2, 0) is 11.3 Å². The molecule has 3 aromatic rings. The quantitative estimate of drug-likeness (QED) is 0.518. The van der Waals surface area contributed by atoms with Gasteiger partial charge in [-0.2, -0.15) is 0 Å². The van der Waals surface area contributed by atoms with Gasteiger partial charge in [-0.3, -0.25) is 14.3 Å². The van der Waals surface area contributed by atoms with E-state index in [1.54, 1.807) is 24.1 Å². The first kappa shape index (κ1) is 21.5. The number of carbonyl (C=O) groups is 1. The van der Waals surface area contributed by atoms with Crippen LogP contribution in [0.4, 0.5) is 10.1 Å². The Kier molecular flexibility index (Phi) is 6.99. The summed E-state index contributed by atoms with van der Waals surface area (Å²) in [4.78, 5) is 16.7. The van der Waals surface area contributed by atoms with Crippen LogP contribution in [0.2, 0.25) is 0 Å². The van der Waals surface area contributed by atoms with Crippen molar-refractivity contribution in [1.82, 2.24) is 19.7 Å². The average molecular weight is 440 g/mol. The SMILES string of the molecule is CN(C(=O)CSc1nnc(CN2CCCCC2)n1-c1ccc(F)cc1)c1ccccc1. The van der Waals surface area contributed by atoms with Crippen LogP contribution in [0.15, 0.2) is 59.8 Å². The molecule has 6 nitrogen and oxygen atoms in total. The predicted octanol–water partition coefficient (Wildman–Crippen LogP) is 4.15. The lowest BCUT2D eigenvalue weighted by atomic mass is 10.1. The first-order valence-electron chi connectivity index (χ1n) is 10.5. The zero-order valence-electron chi connectivity index (χ0n) is 17.6. The fourth-order valence-corrected chi connectivity index (χ4v) is 4.57. The second kappa shape index (κ2) is 10.1. The summed E-state index contributed by atoms with van der Waals surface area (Å²) in [7, 11) is 1.77. The molecule has 0 unspecified atom stereocenters. The molecule has 1 aliphatic rings. The molecule has 1 amide bonds. The Hall–Kier alpha value is -2.71. The van der Waals surface area contributed by atoms with Crippen LogP contribution in [0.5, 0.6) is 0 Å². The van der Waals surface area contributed by atoms with Crippen LogP contribution in [0.3, 0.4) is 0 Å². The van der Waals surface area contributed by atoms with E-state index in [2.05, 4.69) is 15.1 Å². The highest BCUT2D eigenvalue weighted by Crippen LogP contribution is 2.25. The van der Waals surface area contributed by atoms with Crippen molar-refractivity contribution >= 4 is 23.4 Å². The monoisotopic (exact) mass is 439 g/mol. The second-order valence-electron chi connectivity index (χ2n) is 7.62. The summed E-state index contributed by atoms with van der Waals surface area (Å²) >= 11 is 1.35. The molecule has 2 heterocycles. The van der Waals surface area contributed by atoms with Crippen LogP contribution < -0.4 is 4.90 Å². The number of halogens is 1. The fraction of sp³-hybridized carbons (Fsp3) is 0.348. The maximum Gasteiger partial charge on any atom is 0.237 e. The van der Waals surface area contributed by atoms with Crippen LogP contribution in [-0.4, -0.2) is 51.5 Å². The van der Waals surface area contributed by atoms with Crippen molar-refractivity contribution in [1.29, 1.82) is 0 Å². The zero-order valence-corrected chi connectivity index (χ0v) is 18.4. The fourth-order valence-electron chi connectivity index (χ4n) is 3.68. The van der Waals surface area contributed by atoms with Gasteiger partial charge in [0.25, 0.3) is 0 Å². The molecule has 0 N–H and O–H groups in total. The number of rotatable bonds is 7. The molecule has 31 heavy (non-hydrogen) atoms. The Labute approximate surface area is 186 Å². The van der Waals surface area contributed by atoms with Gasteiger partial charge in [0.05, 0.1) is 12.3 Å². The molecule has 0 radical (unpaired) electrons. The highest BCUT2D eigenvalue weighted by atomic mass is 32.2. The standard InChI is InChI=1S/C23H26FN5OS/c1-27(19-8-4-2-5-9-19)22(30)17-31-23-26-25-21(16-28-14-6-3-7-15-28)29(23)20-12-10-18(24)11-13-20/h2,4-5,8-13H,3,6-7,14-17H2,1H3. The van der Waals surface area contributed by atoms with Gasteiger partial charge in [-0.25, -0.2) is 4.39 Å². The van der Waals surface area contributed by atoms with E-state index in [9.17, 15) is 9.18 Å². The molecule has 1 aliphatic heterocycles. The third-order valence-corrected chi connectivity index (χ3v) is 6.35. The number of hydrogen-bond acceptors (Lipinski definition) is 5. The first-order valence-corrected chi connectivity index (χ1v) is 11.5. The Bertz CT molecular complexity index is 1000. The molecule has 162 valence electrons. The number of likely N-dealkylation sites (tertiary alicyclic amines) is 1. The van der Waals surface area contributed by atoms with Gasteiger partial charge >= 0.3 is 0 Å². The minimum Gasteiger partial charge on any atom is -0.315 e. The summed E-state index contributed by atoms with van der Waals surface area (Å²) in [5.74, 6) is 0.722. The number of para-hydroxylation sites is 1. The topological polar surface area (TPSA) is 54.3 Å². The van der Waals surface area contributed by atoms with Gasteiger partial charge < -0.3 is 4.90 Å². The number of piperidine rings is 1. The second-order valence-corrected chi connectivity index (χ2v) is 8.57. The lowest BCUT2D eigenvalue weighted by Gasteiger charge is -2.26. The van der Waals surface area contributed by atoms with E-state index in [1.807, 2.05) is 34.9 Å². The number of thioether (sulfide) groups is 1. The predicted molar refractivity (Wildman–Crippen MR) is 121 cm³/mol. The average Bonchev–Trinajstić information content (AvgIpc) is 3.21. The van der Waals surface area contributed by atoms with Crippen LogP contribution >= 0.6 is 11.8 Å². The summed E-state index contributed by atoms with van der Waals surface area (Å²) in [6.45, 7) is 2.76. The van der Waals surface area contributed by atoms with E-state index in [4.69, 9.17) is 0 Å². The molecule has 4 rings (SSSR count). The van der Waals surface area contributed by atoms with E-state index in [0.29, 0.717) is 11.7 Å². The van der Waals surface area contributed by atoms with Crippen molar-refractivity contribution in [3.05, 3.63) is 66.2 Å². The Morgan fingerprint density at radius 2 is 1.74 bits per heavy atom. The molecule has 2 aromatic carbocycles. The van der Waals surface area contributed by atoms with Gasteiger partial charge in [-0.1, -0.05) is 36.4 Å². The van der Waals surface area contributed by atoms with E-state index in [1.165, 1.54) is 43.2 Å². The first-order chi connectivity index (χ1) is 15.1. The molecule has 0 saturated carbocycles. The maximum atomic E-state index is 13.5. The normalized spacial score (nSPS) is 14.5. The summed E-state index contributed by atoms with van der Waals surface area (Å²) in [6, 6.07) is 15.9. The maximum absolute atomic E-state index is 13.5. The molecule has 8 heteroatoms. The molecule has 0 aliphatic carbocycles. The Balaban J connectivity index is 1.53. The minimum atomic E-state index is -0.289. The van der Waals surface area contributed by atoms with Crippen LogP contribution in [0, 0.1) is 5.82 Å². The zero-order chi connectivity index (χ0) is 21.6. The van der Waals surface area contributed by atoms with Crippen molar-refractivity contribution in [2.24, 2.45) is 0 Å². The number of hydrogen-bond donors (Lipinski definition) is 0. The highest BCUT2D eigenvalue weighted by Gasteiger charge is 2.20. The molecule has 1 fully saturated rings. The van der Waals surface area contributed by atoms with Crippen molar-refractivity contribution in [3.63, 3.8) is 0 Å². The Morgan fingerprint density at radius 1 is 1.03 bits per heavy atom. The van der Waals surface area contributed by atoms with Gasteiger partial charge in [-0.15, -0.1) is 10.2 Å². The summed E-state index contributed by atoms with van der Waals surface area (Å²) in [5.41, 5.74) is 1.64. The molecule has 0 atom stereocenters. The van der Waals surface area contributed by atoms with E-state index < -0.39 is 0 Å². The van der Waals surface area contributed by atoms with Crippen molar-refractivity contribution in [2.75, 3.05) is 30.8 Å². The summed E-state index contributed by atoms with van der Waals surface area (Å²) in [5, 5.41) is 9.42. The van der Waals surface area contributed by atoms with Crippen LogP contribution in [0.25, 0.3) is 5.69 Å². The molecular weight excluding hydrogens is 413 g/mol. The van der Waals surface area contributed by atoms with Gasteiger partial charge in [0.15, 0.2) is 11.0 Å². The number of carbonyl (C=O) groups excluding carboxylic acids is 1. The van der Waals surface area contributed by atoms with E-state index in [-0.39, 0.29) is 17.5 Å². The molecule has 1 saturated heterocycles. The number of aromatic nitrogens is 3. The molecule has 1 aromatic heterocycles. The van der Waals surface area contributed by atoms with Gasteiger partial charge in [-0.05, 0) is 62.3 Å².